The minimum atomic E-state index is -0.784. The number of rotatable bonds is 5. The lowest BCUT2D eigenvalue weighted by atomic mass is 9.90. The minimum absolute atomic E-state index is 0.516. The molecule has 5 heteroatoms. The summed E-state index contributed by atoms with van der Waals surface area (Å²) in [6.07, 6.45) is 1.87. The third-order valence-electron chi connectivity index (χ3n) is 2.60. The molecule has 0 atom stereocenters. The summed E-state index contributed by atoms with van der Waals surface area (Å²) in [6, 6.07) is 0. The summed E-state index contributed by atoms with van der Waals surface area (Å²) in [7, 11) is 0. The van der Waals surface area contributed by atoms with E-state index in [1.165, 1.54) is 0 Å². The van der Waals surface area contributed by atoms with Crippen LogP contribution in [-0.4, -0.2) is 42.9 Å². The molecular formula is C9H18N2O3. The Balaban J connectivity index is 2.47. The Morgan fingerprint density at radius 3 is 2.64 bits per heavy atom. The van der Waals surface area contributed by atoms with E-state index in [1.54, 1.807) is 0 Å². The van der Waals surface area contributed by atoms with Crippen LogP contribution in [0.25, 0.3) is 0 Å². The van der Waals surface area contributed by atoms with Gasteiger partial charge in [0.1, 0.15) is 5.54 Å². The molecule has 0 aromatic rings. The Hall–Kier alpha value is -0.650. The van der Waals surface area contributed by atoms with Crippen molar-refractivity contribution in [3.63, 3.8) is 0 Å². The predicted octanol–water partition coefficient (Wildman–Crippen LogP) is -0.441. The molecule has 1 rings (SSSR count). The first-order chi connectivity index (χ1) is 6.71. The Morgan fingerprint density at radius 2 is 2.14 bits per heavy atom. The van der Waals surface area contributed by atoms with Crippen LogP contribution in [-0.2, 0) is 9.53 Å². The summed E-state index contributed by atoms with van der Waals surface area (Å²) < 4.78 is 5.15. The van der Waals surface area contributed by atoms with Gasteiger partial charge in [-0.1, -0.05) is 0 Å². The maximum atomic E-state index is 11.1. The molecule has 0 aromatic heterocycles. The topological polar surface area (TPSA) is 84.6 Å². The summed E-state index contributed by atoms with van der Waals surface area (Å²) in [5.41, 5.74) is 4.57. The van der Waals surface area contributed by atoms with Crippen LogP contribution in [0.3, 0.4) is 0 Å². The molecule has 0 aliphatic carbocycles. The number of ether oxygens (including phenoxy) is 1. The number of hydrogen-bond acceptors (Lipinski definition) is 4. The molecule has 0 radical (unpaired) electrons. The van der Waals surface area contributed by atoms with Crippen molar-refractivity contribution in [2.24, 2.45) is 5.73 Å². The zero-order valence-electron chi connectivity index (χ0n) is 8.29. The SMILES string of the molecule is NCCCNC1(C(=O)O)CCOCC1. The molecule has 4 N–H and O–H groups in total. The van der Waals surface area contributed by atoms with Crippen molar-refractivity contribution in [3.8, 4) is 0 Å². The van der Waals surface area contributed by atoms with Gasteiger partial charge >= 0.3 is 5.97 Å². The van der Waals surface area contributed by atoms with Crippen molar-refractivity contribution in [2.75, 3.05) is 26.3 Å². The van der Waals surface area contributed by atoms with Gasteiger partial charge in [0.25, 0.3) is 0 Å². The quantitative estimate of drug-likeness (QED) is 0.526. The zero-order valence-corrected chi connectivity index (χ0v) is 8.29. The number of carboxylic acid groups (broad SMARTS) is 1. The van der Waals surface area contributed by atoms with Crippen LogP contribution in [0.5, 0.6) is 0 Å². The number of aliphatic carboxylic acids is 1. The van der Waals surface area contributed by atoms with E-state index in [2.05, 4.69) is 5.32 Å². The Labute approximate surface area is 83.6 Å². The predicted molar refractivity (Wildman–Crippen MR) is 52.1 cm³/mol. The van der Waals surface area contributed by atoms with Gasteiger partial charge in [0.2, 0.25) is 0 Å². The maximum Gasteiger partial charge on any atom is 0.324 e. The highest BCUT2D eigenvalue weighted by Gasteiger charge is 2.39. The second kappa shape index (κ2) is 5.29. The minimum Gasteiger partial charge on any atom is -0.480 e. The highest BCUT2D eigenvalue weighted by atomic mass is 16.5. The average molecular weight is 202 g/mol. The summed E-state index contributed by atoms with van der Waals surface area (Å²) in [5.74, 6) is -0.780. The molecule has 14 heavy (non-hydrogen) atoms. The normalized spacial score (nSPS) is 20.6. The molecular weight excluding hydrogens is 184 g/mol. The van der Waals surface area contributed by atoms with Crippen LogP contribution in [0.15, 0.2) is 0 Å². The first kappa shape index (κ1) is 11.4. The molecule has 0 saturated carbocycles. The average Bonchev–Trinajstić information content (AvgIpc) is 2.19. The van der Waals surface area contributed by atoms with Crippen molar-refractivity contribution >= 4 is 5.97 Å². The third kappa shape index (κ3) is 2.67. The summed E-state index contributed by atoms with van der Waals surface area (Å²) >= 11 is 0. The highest BCUT2D eigenvalue weighted by molar-refractivity contribution is 5.78. The Kier molecular flexibility index (Phi) is 4.31. The molecule has 0 aromatic carbocycles. The molecule has 1 saturated heterocycles. The van der Waals surface area contributed by atoms with Crippen molar-refractivity contribution in [2.45, 2.75) is 24.8 Å². The van der Waals surface area contributed by atoms with E-state index < -0.39 is 11.5 Å². The van der Waals surface area contributed by atoms with Gasteiger partial charge < -0.3 is 20.9 Å². The van der Waals surface area contributed by atoms with Crippen molar-refractivity contribution in [1.82, 2.24) is 5.32 Å². The van der Waals surface area contributed by atoms with Gasteiger partial charge in [0.15, 0.2) is 0 Å². The fourth-order valence-electron chi connectivity index (χ4n) is 1.62. The van der Waals surface area contributed by atoms with E-state index in [9.17, 15) is 4.79 Å². The number of nitrogens with two attached hydrogens (primary N) is 1. The van der Waals surface area contributed by atoms with E-state index >= 15 is 0 Å². The molecule has 1 fully saturated rings. The van der Waals surface area contributed by atoms with Crippen LogP contribution >= 0.6 is 0 Å². The molecule has 0 amide bonds. The van der Waals surface area contributed by atoms with Crippen LogP contribution < -0.4 is 11.1 Å². The first-order valence-corrected chi connectivity index (χ1v) is 4.97. The second-order valence-electron chi connectivity index (χ2n) is 3.57. The lowest BCUT2D eigenvalue weighted by Gasteiger charge is -2.34. The van der Waals surface area contributed by atoms with Gasteiger partial charge in [-0.2, -0.15) is 0 Å². The lowest BCUT2D eigenvalue weighted by molar-refractivity contribution is -0.149. The maximum absolute atomic E-state index is 11.1. The summed E-state index contributed by atoms with van der Waals surface area (Å²) in [5, 5.41) is 12.2. The van der Waals surface area contributed by atoms with Crippen LogP contribution in [0.2, 0.25) is 0 Å². The standard InChI is InChI=1S/C9H18N2O3/c10-4-1-5-11-9(8(12)13)2-6-14-7-3-9/h11H,1-7,10H2,(H,12,13). The highest BCUT2D eigenvalue weighted by Crippen LogP contribution is 2.20. The largest absolute Gasteiger partial charge is 0.480 e. The fourth-order valence-corrected chi connectivity index (χ4v) is 1.62. The van der Waals surface area contributed by atoms with Crippen molar-refractivity contribution in [3.05, 3.63) is 0 Å². The molecule has 5 nitrogen and oxygen atoms in total. The Morgan fingerprint density at radius 1 is 1.50 bits per heavy atom. The Bertz CT molecular complexity index is 190. The van der Waals surface area contributed by atoms with Gasteiger partial charge in [-0.05, 0) is 32.4 Å². The van der Waals surface area contributed by atoms with Crippen molar-refractivity contribution in [1.29, 1.82) is 0 Å². The number of carboxylic acids is 1. The number of nitrogens with one attached hydrogen (secondary N) is 1. The first-order valence-electron chi connectivity index (χ1n) is 4.97. The van der Waals surface area contributed by atoms with Crippen molar-refractivity contribution < 1.29 is 14.6 Å². The van der Waals surface area contributed by atoms with E-state index in [1.807, 2.05) is 0 Å². The van der Waals surface area contributed by atoms with Gasteiger partial charge in [0.05, 0.1) is 0 Å². The van der Waals surface area contributed by atoms with E-state index in [0.717, 1.165) is 6.42 Å². The number of carbonyl (C=O) groups is 1. The molecule has 0 unspecified atom stereocenters. The smallest absolute Gasteiger partial charge is 0.324 e. The van der Waals surface area contributed by atoms with Crippen LogP contribution in [0.1, 0.15) is 19.3 Å². The van der Waals surface area contributed by atoms with Gasteiger partial charge in [-0.3, -0.25) is 4.79 Å². The summed E-state index contributed by atoms with van der Waals surface area (Å²) in [6.45, 7) is 2.27. The second-order valence-corrected chi connectivity index (χ2v) is 3.57. The third-order valence-corrected chi connectivity index (χ3v) is 2.60. The fraction of sp³-hybridized carbons (Fsp3) is 0.889. The van der Waals surface area contributed by atoms with Crippen LogP contribution in [0, 0.1) is 0 Å². The number of hydrogen-bond donors (Lipinski definition) is 3. The summed E-state index contributed by atoms with van der Waals surface area (Å²) in [4.78, 5) is 11.1. The van der Waals surface area contributed by atoms with Gasteiger partial charge in [-0.25, -0.2) is 0 Å². The van der Waals surface area contributed by atoms with Crippen LogP contribution in [0.4, 0.5) is 0 Å². The molecule has 82 valence electrons. The lowest BCUT2D eigenvalue weighted by Crippen LogP contribution is -2.55. The van der Waals surface area contributed by atoms with Gasteiger partial charge in [-0.15, -0.1) is 0 Å². The van der Waals surface area contributed by atoms with Gasteiger partial charge in [0, 0.05) is 13.2 Å². The molecule has 0 bridgehead atoms. The van der Waals surface area contributed by atoms with E-state index in [4.69, 9.17) is 15.6 Å². The monoisotopic (exact) mass is 202 g/mol. The molecule has 1 aliphatic heterocycles. The van der Waals surface area contributed by atoms with E-state index in [0.29, 0.717) is 39.1 Å². The molecule has 1 aliphatic rings. The van der Waals surface area contributed by atoms with E-state index in [-0.39, 0.29) is 0 Å². The molecule has 0 spiro atoms. The molecule has 1 heterocycles. The zero-order chi connectivity index (χ0) is 10.4.